The van der Waals surface area contributed by atoms with E-state index in [0.717, 1.165) is 18.9 Å². The standard InChI is InChI=1S/C30H32OP2/c1-30(23-31-2,24-32(26-15-7-3-8-16-26)27-17-9-4-10-18-27)25-33(28-19-11-5-12-20-28)29-21-13-6-14-22-29/h3-22H,23-25H2,1-2H3. The summed E-state index contributed by atoms with van der Waals surface area (Å²) in [6.07, 6.45) is 2.20. The number of methoxy groups -OCH3 is 1. The zero-order valence-corrected chi connectivity index (χ0v) is 21.3. The van der Waals surface area contributed by atoms with E-state index in [-0.39, 0.29) is 5.41 Å². The van der Waals surface area contributed by atoms with Crippen molar-refractivity contribution in [3.05, 3.63) is 121 Å². The van der Waals surface area contributed by atoms with Gasteiger partial charge in [0.1, 0.15) is 0 Å². The summed E-state index contributed by atoms with van der Waals surface area (Å²) in [6.45, 7) is 3.18. The summed E-state index contributed by atoms with van der Waals surface area (Å²) >= 11 is 0. The van der Waals surface area contributed by atoms with Gasteiger partial charge in [0.15, 0.2) is 0 Å². The fourth-order valence-corrected chi connectivity index (χ4v) is 9.91. The van der Waals surface area contributed by atoms with E-state index >= 15 is 0 Å². The minimum atomic E-state index is -0.488. The molecule has 0 fully saturated rings. The molecule has 0 heterocycles. The van der Waals surface area contributed by atoms with Gasteiger partial charge >= 0.3 is 0 Å². The molecule has 0 radical (unpaired) electrons. The first-order chi connectivity index (χ1) is 16.2. The highest BCUT2D eigenvalue weighted by molar-refractivity contribution is 7.74. The normalized spacial score (nSPS) is 11.8. The van der Waals surface area contributed by atoms with Crippen molar-refractivity contribution in [1.82, 2.24) is 0 Å². The predicted octanol–water partition coefficient (Wildman–Crippen LogP) is 5.90. The Morgan fingerprint density at radius 3 is 1.03 bits per heavy atom. The maximum absolute atomic E-state index is 5.87. The third-order valence-electron chi connectivity index (χ3n) is 5.84. The Bertz CT molecular complexity index is 921. The van der Waals surface area contributed by atoms with Crippen molar-refractivity contribution >= 4 is 37.1 Å². The fraction of sp³-hybridized carbons (Fsp3) is 0.200. The highest BCUT2D eigenvalue weighted by atomic mass is 31.1. The van der Waals surface area contributed by atoms with E-state index in [1.54, 1.807) is 0 Å². The van der Waals surface area contributed by atoms with Crippen molar-refractivity contribution in [2.24, 2.45) is 5.41 Å². The Balaban J connectivity index is 1.71. The number of hydrogen-bond donors (Lipinski definition) is 0. The Hall–Kier alpha value is -2.30. The second-order valence-electron chi connectivity index (χ2n) is 8.76. The summed E-state index contributed by atoms with van der Waals surface area (Å²) < 4.78 is 5.87. The number of ether oxygens (including phenoxy) is 1. The second-order valence-corrected chi connectivity index (χ2v) is 13.2. The Kier molecular flexibility index (Phi) is 8.46. The lowest BCUT2D eigenvalue weighted by molar-refractivity contribution is 0.121. The number of rotatable bonds is 10. The zero-order valence-electron chi connectivity index (χ0n) is 19.5. The molecule has 0 saturated heterocycles. The molecule has 33 heavy (non-hydrogen) atoms. The Labute approximate surface area is 201 Å². The van der Waals surface area contributed by atoms with Crippen LogP contribution in [0, 0.1) is 5.41 Å². The smallest absolute Gasteiger partial charge is 0.0523 e. The van der Waals surface area contributed by atoms with E-state index in [1.165, 1.54) is 21.2 Å². The van der Waals surface area contributed by atoms with Crippen molar-refractivity contribution in [3.8, 4) is 0 Å². The zero-order chi connectivity index (χ0) is 22.9. The molecule has 0 bridgehead atoms. The summed E-state index contributed by atoms with van der Waals surface area (Å²) in [7, 11) is 0.869. The Morgan fingerprint density at radius 1 is 0.515 bits per heavy atom. The molecule has 168 valence electrons. The van der Waals surface area contributed by atoms with Crippen LogP contribution in [-0.2, 0) is 4.74 Å². The van der Waals surface area contributed by atoms with Crippen molar-refractivity contribution in [1.29, 1.82) is 0 Å². The summed E-state index contributed by atoms with van der Waals surface area (Å²) in [5, 5.41) is 5.74. The molecule has 0 N–H and O–H groups in total. The monoisotopic (exact) mass is 470 g/mol. The molecule has 4 aromatic carbocycles. The van der Waals surface area contributed by atoms with E-state index in [1.807, 2.05) is 7.11 Å². The lowest BCUT2D eigenvalue weighted by Crippen LogP contribution is -2.35. The van der Waals surface area contributed by atoms with Crippen LogP contribution in [0.2, 0.25) is 0 Å². The van der Waals surface area contributed by atoms with Gasteiger partial charge in [-0.2, -0.15) is 0 Å². The van der Waals surface area contributed by atoms with E-state index < -0.39 is 15.8 Å². The molecule has 1 nitrogen and oxygen atoms in total. The van der Waals surface area contributed by atoms with Gasteiger partial charge in [-0.3, -0.25) is 0 Å². The van der Waals surface area contributed by atoms with Crippen molar-refractivity contribution in [2.75, 3.05) is 26.0 Å². The summed E-state index contributed by atoms with van der Waals surface area (Å²) in [5.74, 6) is 0. The van der Waals surface area contributed by atoms with Crippen LogP contribution >= 0.6 is 15.8 Å². The summed E-state index contributed by atoms with van der Waals surface area (Å²) in [5.41, 5.74) is 0.0452. The van der Waals surface area contributed by atoms with Crippen LogP contribution in [0.3, 0.4) is 0 Å². The Morgan fingerprint density at radius 2 is 0.788 bits per heavy atom. The summed E-state index contributed by atoms with van der Waals surface area (Å²) in [6, 6.07) is 44.2. The first kappa shape index (κ1) is 23.8. The van der Waals surface area contributed by atoms with Gasteiger partial charge in [-0.15, -0.1) is 0 Å². The number of benzene rings is 4. The van der Waals surface area contributed by atoms with E-state index in [0.29, 0.717) is 0 Å². The van der Waals surface area contributed by atoms with E-state index in [9.17, 15) is 0 Å². The lowest BCUT2D eigenvalue weighted by atomic mass is 9.98. The average Bonchev–Trinajstić information content (AvgIpc) is 2.88. The maximum atomic E-state index is 5.87. The van der Waals surface area contributed by atoms with Crippen LogP contribution in [0.5, 0.6) is 0 Å². The van der Waals surface area contributed by atoms with Gasteiger partial charge in [-0.25, -0.2) is 0 Å². The SMILES string of the molecule is COCC(C)(CP(c1ccccc1)c1ccccc1)CP(c1ccccc1)c1ccccc1. The van der Waals surface area contributed by atoms with Crippen LogP contribution in [0.1, 0.15) is 6.92 Å². The van der Waals surface area contributed by atoms with Gasteiger partial charge in [0, 0.05) is 7.11 Å². The lowest BCUT2D eigenvalue weighted by Gasteiger charge is -2.37. The molecular formula is C30H32OP2. The van der Waals surface area contributed by atoms with Gasteiger partial charge in [0.25, 0.3) is 0 Å². The van der Waals surface area contributed by atoms with Gasteiger partial charge < -0.3 is 4.74 Å². The molecule has 0 atom stereocenters. The molecule has 4 aromatic rings. The van der Waals surface area contributed by atoms with Crippen molar-refractivity contribution in [3.63, 3.8) is 0 Å². The van der Waals surface area contributed by atoms with Gasteiger partial charge in [0.2, 0.25) is 0 Å². The minimum Gasteiger partial charge on any atom is -0.384 e. The van der Waals surface area contributed by atoms with Crippen LogP contribution in [0.15, 0.2) is 121 Å². The third-order valence-corrected chi connectivity index (χ3v) is 11.7. The van der Waals surface area contributed by atoms with Gasteiger partial charge in [-0.1, -0.05) is 128 Å². The molecule has 0 aliphatic carbocycles. The molecule has 0 amide bonds. The third kappa shape index (κ3) is 6.39. The predicted molar refractivity (Wildman–Crippen MR) is 148 cm³/mol. The van der Waals surface area contributed by atoms with Crippen LogP contribution in [0.4, 0.5) is 0 Å². The quantitative estimate of drug-likeness (QED) is 0.262. The molecule has 0 unspecified atom stereocenters. The molecule has 0 saturated carbocycles. The van der Waals surface area contributed by atoms with Crippen LogP contribution in [0.25, 0.3) is 0 Å². The molecule has 3 heteroatoms. The first-order valence-corrected chi connectivity index (χ1v) is 14.5. The first-order valence-electron chi connectivity index (χ1n) is 11.4. The highest BCUT2D eigenvalue weighted by Gasteiger charge is 2.33. The molecular weight excluding hydrogens is 438 g/mol. The second kappa shape index (κ2) is 11.7. The van der Waals surface area contributed by atoms with Gasteiger partial charge in [-0.05, 0) is 54.8 Å². The minimum absolute atomic E-state index is 0.0452. The fourth-order valence-electron chi connectivity index (χ4n) is 4.35. The topological polar surface area (TPSA) is 9.23 Å². The molecule has 0 aliphatic heterocycles. The van der Waals surface area contributed by atoms with Crippen LogP contribution in [-0.4, -0.2) is 26.0 Å². The molecule has 0 aromatic heterocycles. The van der Waals surface area contributed by atoms with Crippen molar-refractivity contribution < 1.29 is 4.74 Å². The van der Waals surface area contributed by atoms with E-state index in [2.05, 4.69) is 128 Å². The molecule has 0 spiro atoms. The largest absolute Gasteiger partial charge is 0.384 e. The molecule has 4 rings (SSSR count). The molecule has 0 aliphatic rings. The highest BCUT2D eigenvalue weighted by Crippen LogP contribution is 2.47. The average molecular weight is 471 g/mol. The maximum Gasteiger partial charge on any atom is 0.0523 e. The van der Waals surface area contributed by atoms with Gasteiger partial charge in [0.05, 0.1) is 6.61 Å². The summed E-state index contributed by atoms with van der Waals surface area (Å²) in [4.78, 5) is 0. The van der Waals surface area contributed by atoms with E-state index in [4.69, 9.17) is 4.74 Å². The van der Waals surface area contributed by atoms with Crippen molar-refractivity contribution in [2.45, 2.75) is 6.92 Å². The number of hydrogen-bond acceptors (Lipinski definition) is 1. The van der Waals surface area contributed by atoms with Crippen LogP contribution < -0.4 is 21.2 Å².